The van der Waals surface area contributed by atoms with Gasteiger partial charge in [0.25, 0.3) is 0 Å². The van der Waals surface area contributed by atoms with E-state index in [0.29, 0.717) is 5.88 Å². The van der Waals surface area contributed by atoms with E-state index in [1.165, 1.54) is 0 Å². The van der Waals surface area contributed by atoms with Crippen LogP contribution in [0.5, 0.6) is 0 Å². The van der Waals surface area contributed by atoms with Gasteiger partial charge in [0.15, 0.2) is 5.65 Å². The van der Waals surface area contributed by atoms with Crippen molar-refractivity contribution in [2.45, 2.75) is 19.5 Å². The average molecular weight is 277 g/mol. The van der Waals surface area contributed by atoms with E-state index in [2.05, 4.69) is 24.8 Å². The number of halogens is 1. The molecule has 0 unspecified atom stereocenters. The summed E-state index contributed by atoms with van der Waals surface area (Å²) in [6.07, 6.45) is 6.02. The summed E-state index contributed by atoms with van der Waals surface area (Å²) in [5.41, 5.74) is 1.80. The number of alkyl halides is 1. The van der Waals surface area contributed by atoms with Gasteiger partial charge in [-0.3, -0.25) is 4.68 Å². The van der Waals surface area contributed by atoms with Crippen LogP contribution < -0.4 is 0 Å². The summed E-state index contributed by atoms with van der Waals surface area (Å²) < 4.78 is 3.89. The summed E-state index contributed by atoms with van der Waals surface area (Å²) in [4.78, 5) is 8.97. The van der Waals surface area contributed by atoms with Crippen molar-refractivity contribution in [1.29, 1.82) is 0 Å². The zero-order valence-electron chi connectivity index (χ0n) is 10.3. The number of hydrogen-bond donors (Lipinski definition) is 0. The lowest BCUT2D eigenvalue weighted by Crippen LogP contribution is -2.11. The second-order valence-electron chi connectivity index (χ2n) is 4.13. The maximum absolute atomic E-state index is 5.83. The van der Waals surface area contributed by atoms with E-state index in [0.717, 1.165) is 36.5 Å². The van der Waals surface area contributed by atoms with Crippen LogP contribution in [0.3, 0.4) is 0 Å². The summed E-state index contributed by atoms with van der Waals surface area (Å²) >= 11 is 5.83. The Hall–Kier alpha value is -1.95. The molecule has 3 aromatic rings. The van der Waals surface area contributed by atoms with Gasteiger partial charge in [-0.1, -0.05) is 5.21 Å². The molecule has 3 aromatic heterocycles. The molecule has 6 nitrogen and oxygen atoms in total. The summed E-state index contributed by atoms with van der Waals surface area (Å²) in [7, 11) is 0. The Kier molecular flexibility index (Phi) is 3.41. The molecular formula is C12H13ClN6. The minimum Gasteiger partial charge on any atom is -0.311 e. The van der Waals surface area contributed by atoms with Crippen LogP contribution >= 0.6 is 11.6 Å². The van der Waals surface area contributed by atoms with E-state index in [4.69, 9.17) is 11.6 Å². The molecular weight excluding hydrogens is 264 g/mol. The highest BCUT2D eigenvalue weighted by Gasteiger charge is 2.10. The minimum absolute atomic E-state index is 0.548. The lowest BCUT2D eigenvalue weighted by Gasteiger charge is -2.07. The topological polar surface area (TPSA) is 61.4 Å². The Balaban J connectivity index is 1.92. The molecule has 0 bridgehead atoms. The van der Waals surface area contributed by atoms with Gasteiger partial charge in [0.2, 0.25) is 0 Å². The van der Waals surface area contributed by atoms with Gasteiger partial charge in [-0.15, -0.1) is 16.7 Å². The molecule has 0 radical (unpaired) electrons. The molecule has 0 N–H and O–H groups in total. The largest absolute Gasteiger partial charge is 0.311 e. The van der Waals surface area contributed by atoms with Crippen LogP contribution in [0.1, 0.15) is 5.82 Å². The molecule has 0 atom stereocenters. The van der Waals surface area contributed by atoms with E-state index in [1.54, 1.807) is 17.1 Å². The molecule has 0 saturated carbocycles. The molecule has 0 saturated heterocycles. The van der Waals surface area contributed by atoms with E-state index in [9.17, 15) is 0 Å². The number of aryl methyl sites for hydroxylation is 3. The Bertz CT molecular complexity index is 660. The highest BCUT2D eigenvalue weighted by molar-refractivity contribution is 6.17. The first-order valence-corrected chi connectivity index (χ1v) is 6.62. The fourth-order valence-electron chi connectivity index (χ4n) is 2.07. The lowest BCUT2D eigenvalue weighted by molar-refractivity contribution is 0.515. The molecule has 3 heterocycles. The number of nitrogens with zero attached hydrogens (tertiary/aromatic N) is 6. The van der Waals surface area contributed by atoms with Crippen LogP contribution in [0.15, 0.2) is 30.7 Å². The predicted octanol–water partition coefficient (Wildman–Crippen LogP) is 1.50. The molecule has 3 rings (SSSR count). The van der Waals surface area contributed by atoms with Crippen LogP contribution in [0.4, 0.5) is 0 Å². The first-order valence-electron chi connectivity index (χ1n) is 6.08. The van der Waals surface area contributed by atoms with Crippen molar-refractivity contribution in [1.82, 2.24) is 29.5 Å². The fraction of sp³-hybridized carbons (Fsp3) is 0.333. The first-order chi connectivity index (χ1) is 9.38. The third-order valence-corrected chi connectivity index (χ3v) is 3.11. The summed E-state index contributed by atoms with van der Waals surface area (Å²) in [6, 6.07) is 3.85. The Labute approximate surface area is 115 Å². The quantitative estimate of drug-likeness (QED) is 0.663. The summed E-state index contributed by atoms with van der Waals surface area (Å²) in [5, 5.41) is 7.75. The van der Waals surface area contributed by atoms with Crippen LogP contribution in [-0.4, -0.2) is 35.4 Å². The smallest absolute Gasteiger partial charge is 0.160 e. The highest BCUT2D eigenvalue weighted by atomic mass is 35.5. The average Bonchev–Trinajstić information content (AvgIpc) is 3.04. The number of rotatable bonds is 5. The predicted molar refractivity (Wildman–Crippen MR) is 72.0 cm³/mol. The highest BCUT2D eigenvalue weighted by Crippen LogP contribution is 2.14. The standard InChI is InChI=1S/C12H13ClN6/c13-4-3-11-16-10-2-1-5-14-12(10)19(11)9-8-18-7-6-15-17-18/h1-2,5-7H,3-4,8-9H2. The van der Waals surface area contributed by atoms with Crippen LogP contribution in [-0.2, 0) is 19.5 Å². The van der Waals surface area contributed by atoms with Gasteiger partial charge >= 0.3 is 0 Å². The number of hydrogen-bond acceptors (Lipinski definition) is 4. The zero-order valence-corrected chi connectivity index (χ0v) is 11.0. The lowest BCUT2D eigenvalue weighted by atomic mass is 10.4. The maximum Gasteiger partial charge on any atom is 0.160 e. The molecule has 0 aliphatic heterocycles. The van der Waals surface area contributed by atoms with Crippen molar-refractivity contribution in [2.24, 2.45) is 0 Å². The van der Waals surface area contributed by atoms with Gasteiger partial charge in [-0.05, 0) is 12.1 Å². The maximum atomic E-state index is 5.83. The van der Waals surface area contributed by atoms with Crippen LogP contribution in [0, 0.1) is 0 Å². The van der Waals surface area contributed by atoms with Crippen molar-refractivity contribution >= 4 is 22.8 Å². The van der Waals surface area contributed by atoms with Gasteiger partial charge < -0.3 is 4.57 Å². The van der Waals surface area contributed by atoms with Gasteiger partial charge in [0, 0.05) is 31.2 Å². The van der Waals surface area contributed by atoms with E-state index >= 15 is 0 Å². The second kappa shape index (κ2) is 5.36. The molecule has 0 aliphatic carbocycles. The van der Waals surface area contributed by atoms with Gasteiger partial charge in [-0.25, -0.2) is 9.97 Å². The Morgan fingerprint density at radius 2 is 2.16 bits per heavy atom. The van der Waals surface area contributed by atoms with Crippen LogP contribution in [0.2, 0.25) is 0 Å². The number of imidazole rings is 1. The monoisotopic (exact) mass is 276 g/mol. The number of pyridine rings is 1. The van der Waals surface area contributed by atoms with Crippen LogP contribution in [0.25, 0.3) is 11.2 Å². The molecule has 0 fully saturated rings. The molecule has 98 valence electrons. The molecule has 7 heteroatoms. The van der Waals surface area contributed by atoms with Gasteiger partial charge in [0.1, 0.15) is 11.3 Å². The van der Waals surface area contributed by atoms with Crippen molar-refractivity contribution in [2.75, 3.05) is 5.88 Å². The third-order valence-electron chi connectivity index (χ3n) is 2.93. The molecule has 0 aromatic carbocycles. The zero-order chi connectivity index (χ0) is 13.1. The minimum atomic E-state index is 0.548. The van der Waals surface area contributed by atoms with E-state index in [1.807, 2.05) is 18.3 Å². The summed E-state index contributed by atoms with van der Waals surface area (Å²) in [6.45, 7) is 1.49. The molecule has 0 amide bonds. The van der Waals surface area contributed by atoms with E-state index < -0.39 is 0 Å². The Morgan fingerprint density at radius 1 is 1.21 bits per heavy atom. The van der Waals surface area contributed by atoms with E-state index in [-0.39, 0.29) is 0 Å². The third kappa shape index (κ3) is 2.44. The van der Waals surface area contributed by atoms with Crippen molar-refractivity contribution in [3.8, 4) is 0 Å². The normalized spacial score (nSPS) is 11.2. The van der Waals surface area contributed by atoms with Crippen molar-refractivity contribution < 1.29 is 0 Å². The van der Waals surface area contributed by atoms with Crippen molar-refractivity contribution in [3.63, 3.8) is 0 Å². The molecule has 0 spiro atoms. The van der Waals surface area contributed by atoms with Gasteiger partial charge in [0.05, 0.1) is 12.7 Å². The number of fused-ring (bicyclic) bond motifs is 1. The SMILES string of the molecule is ClCCc1nc2cccnc2n1CCn1ccnn1. The number of aromatic nitrogens is 6. The molecule has 19 heavy (non-hydrogen) atoms. The van der Waals surface area contributed by atoms with Gasteiger partial charge in [-0.2, -0.15) is 0 Å². The molecule has 0 aliphatic rings. The fourth-order valence-corrected chi connectivity index (χ4v) is 2.24. The Morgan fingerprint density at radius 3 is 2.95 bits per heavy atom. The van der Waals surface area contributed by atoms with Crippen molar-refractivity contribution in [3.05, 3.63) is 36.5 Å². The summed E-state index contributed by atoms with van der Waals surface area (Å²) in [5.74, 6) is 1.51. The first kappa shape index (κ1) is 12.1. The second-order valence-corrected chi connectivity index (χ2v) is 4.51.